The number of rotatable bonds is 6. The summed E-state index contributed by atoms with van der Waals surface area (Å²) in [6, 6.07) is 15.4. The molecule has 0 saturated heterocycles. The standard InChI is InChI=1S/C21H22N2O2/c1-2-15-3-5-16(6-4-15)7-14-20(24)22-18-10-8-17(9-11-18)21(25)23-19-12-13-19/h3-11,14,19H,2,12-13H2,1H3,(H,22,24)(H,23,25). The molecule has 0 radical (unpaired) electrons. The van der Waals surface area contributed by atoms with E-state index in [-0.39, 0.29) is 11.8 Å². The number of benzene rings is 2. The summed E-state index contributed by atoms with van der Waals surface area (Å²) in [6.45, 7) is 2.11. The highest BCUT2D eigenvalue weighted by atomic mass is 16.2. The molecule has 1 aliphatic carbocycles. The zero-order chi connectivity index (χ0) is 17.6. The van der Waals surface area contributed by atoms with Gasteiger partial charge in [0.2, 0.25) is 5.91 Å². The highest BCUT2D eigenvalue weighted by molar-refractivity contribution is 6.02. The fraction of sp³-hybridized carbons (Fsp3) is 0.238. The molecule has 0 unspecified atom stereocenters. The van der Waals surface area contributed by atoms with Crippen molar-refractivity contribution in [3.63, 3.8) is 0 Å². The third kappa shape index (κ3) is 5.05. The molecule has 0 aliphatic heterocycles. The van der Waals surface area contributed by atoms with Gasteiger partial charge >= 0.3 is 0 Å². The Balaban J connectivity index is 1.54. The first kappa shape index (κ1) is 17.0. The summed E-state index contributed by atoms with van der Waals surface area (Å²) in [5, 5.41) is 5.74. The van der Waals surface area contributed by atoms with Crippen LogP contribution in [0.25, 0.3) is 6.08 Å². The Morgan fingerprint density at radius 3 is 2.32 bits per heavy atom. The van der Waals surface area contributed by atoms with Crippen LogP contribution in [0, 0.1) is 0 Å². The van der Waals surface area contributed by atoms with Crippen molar-refractivity contribution in [1.29, 1.82) is 0 Å². The van der Waals surface area contributed by atoms with Gasteiger partial charge in [-0.3, -0.25) is 9.59 Å². The maximum atomic E-state index is 12.0. The third-order valence-corrected chi connectivity index (χ3v) is 4.14. The number of carbonyl (C=O) groups is 2. The number of anilines is 1. The van der Waals surface area contributed by atoms with Crippen molar-refractivity contribution < 1.29 is 9.59 Å². The smallest absolute Gasteiger partial charge is 0.251 e. The van der Waals surface area contributed by atoms with Crippen molar-refractivity contribution >= 4 is 23.6 Å². The number of amides is 2. The average molecular weight is 334 g/mol. The molecule has 0 atom stereocenters. The molecular weight excluding hydrogens is 312 g/mol. The summed E-state index contributed by atoms with van der Waals surface area (Å²) in [5.74, 6) is -0.259. The van der Waals surface area contributed by atoms with Crippen molar-refractivity contribution in [2.75, 3.05) is 5.32 Å². The molecule has 4 nitrogen and oxygen atoms in total. The number of hydrogen-bond donors (Lipinski definition) is 2. The number of aryl methyl sites for hydroxylation is 1. The molecule has 2 N–H and O–H groups in total. The van der Waals surface area contributed by atoms with E-state index in [9.17, 15) is 9.59 Å². The predicted molar refractivity (Wildman–Crippen MR) is 100 cm³/mol. The van der Waals surface area contributed by atoms with Crippen molar-refractivity contribution in [3.8, 4) is 0 Å². The lowest BCUT2D eigenvalue weighted by Crippen LogP contribution is -2.25. The van der Waals surface area contributed by atoms with Gasteiger partial charge in [-0.15, -0.1) is 0 Å². The van der Waals surface area contributed by atoms with Crippen molar-refractivity contribution in [2.24, 2.45) is 0 Å². The molecule has 1 fully saturated rings. The van der Waals surface area contributed by atoms with Gasteiger partial charge in [-0.05, 0) is 60.7 Å². The van der Waals surface area contributed by atoms with Crippen LogP contribution in [0.3, 0.4) is 0 Å². The van der Waals surface area contributed by atoms with Gasteiger partial charge in [0.05, 0.1) is 0 Å². The lowest BCUT2D eigenvalue weighted by molar-refractivity contribution is -0.111. The lowest BCUT2D eigenvalue weighted by Gasteiger charge is -2.05. The number of hydrogen-bond acceptors (Lipinski definition) is 2. The van der Waals surface area contributed by atoms with E-state index in [1.165, 1.54) is 11.6 Å². The minimum atomic E-state index is -0.199. The Hall–Kier alpha value is -2.88. The quantitative estimate of drug-likeness (QED) is 0.790. The van der Waals surface area contributed by atoms with E-state index in [1.54, 1.807) is 30.3 Å². The summed E-state index contributed by atoms with van der Waals surface area (Å²) in [5.41, 5.74) is 3.53. The molecule has 2 aromatic carbocycles. The SMILES string of the molecule is CCc1ccc(C=CC(=O)Nc2ccc(C(=O)NC3CC3)cc2)cc1. The molecule has 2 amide bonds. The van der Waals surface area contributed by atoms with Crippen molar-refractivity contribution in [2.45, 2.75) is 32.2 Å². The Morgan fingerprint density at radius 1 is 1.04 bits per heavy atom. The van der Waals surface area contributed by atoms with E-state index >= 15 is 0 Å². The predicted octanol–water partition coefficient (Wildman–Crippen LogP) is 3.79. The summed E-state index contributed by atoms with van der Waals surface area (Å²) in [4.78, 5) is 23.9. The molecule has 0 spiro atoms. The Kier molecular flexibility index (Phi) is 5.29. The van der Waals surface area contributed by atoms with Crippen LogP contribution in [-0.4, -0.2) is 17.9 Å². The minimum Gasteiger partial charge on any atom is -0.349 e. The largest absolute Gasteiger partial charge is 0.349 e. The van der Waals surface area contributed by atoms with Gasteiger partial charge in [0.25, 0.3) is 5.91 Å². The van der Waals surface area contributed by atoms with Crippen LogP contribution in [0.5, 0.6) is 0 Å². The third-order valence-electron chi connectivity index (χ3n) is 4.14. The van der Waals surface area contributed by atoms with Gasteiger partial charge in [-0.1, -0.05) is 31.2 Å². The molecule has 1 saturated carbocycles. The maximum absolute atomic E-state index is 12.0. The molecule has 4 heteroatoms. The molecule has 0 heterocycles. The highest BCUT2D eigenvalue weighted by Gasteiger charge is 2.23. The van der Waals surface area contributed by atoms with Crippen molar-refractivity contribution in [1.82, 2.24) is 5.32 Å². The molecule has 128 valence electrons. The normalized spacial score (nSPS) is 13.6. The Bertz CT molecular complexity index is 773. The first-order chi connectivity index (χ1) is 12.1. The van der Waals surface area contributed by atoms with Crippen LogP contribution in [0.1, 0.15) is 41.3 Å². The highest BCUT2D eigenvalue weighted by Crippen LogP contribution is 2.19. The first-order valence-corrected chi connectivity index (χ1v) is 8.63. The molecular formula is C21H22N2O2. The summed E-state index contributed by atoms with van der Waals surface area (Å²) < 4.78 is 0. The summed E-state index contributed by atoms with van der Waals surface area (Å²) in [7, 11) is 0. The van der Waals surface area contributed by atoms with Gasteiger partial charge in [-0.25, -0.2) is 0 Å². The topological polar surface area (TPSA) is 58.2 Å². The molecule has 25 heavy (non-hydrogen) atoms. The minimum absolute atomic E-state index is 0.0594. The second-order valence-electron chi connectivity index (χ2n) is 6.24. The van der Waals surface area contributed by atoms with Crippen LogP contribution >= 0.6 is 0 Å². The second kappa shape index (κ2) is 7.79. The van der Waals surface area contributed by atoms with Gasteiger partial charge < -0.3 is 10.6 Å². The van der Waals surface area contributed by atoms with Crippen molar-refractivity contribution in [3.05, 3.63) is 71.3 Å². The van der Waals surface area contributed by atoms with E-state index in [0.717, 1.165) is 24.8 Å². The monoisotopic (exact) mass is 334 g/mol. The molecule has 0 bridgehead atoms. The summed E-state index contributed by atoms with van der Waals surface area (Å²) >= 11 is 0. The number of carbonyl (C=O) groups excluding carboxylic acids is 2. The maximum Gasteiger partial charge on any atom is 0.251 e. The lowest BCUT2D eigenvalue weighted by atomic mass is 10.1. The van der Waals surface area contributed by atoms with Gasteiger partial charge in [0, 0.05) is 23.4 Å². The first-order valence-electron chi connectivity index (χ1n) is 8.63. The zero-order valence-electron chi connectivity index (χ0n) is 14.3. The number of nitrogens with one attached hydrogen (secondary N) is 2. The van der Waals surface area contributed by atoms with Crippen LogP contribution < -0.4 is 10.6 Å². The van der Waals surface area contributed by atoms with Gasteiger partial charge in [0.15, 0.2) is 0 Å². The Morgan fingerprint density at radius 2 is 1.72 bits per heavy atom. The van der Waals surface area contributed by atoms with E-state index in [2.05, 4.69) is 29.7 Å². The van der Waals surface area contributed by atoms with E-state index in [0.29, 0.717) is 17.3 Å². The zero-order valence-corrected chi connectivity index (χ0v) is 14.3. The van der Waals surface area contributed by atoms with E-state index in [1.807, 2.05) is 12.1 Å². The van der Waals surface area contributed by atoms with Gasteiger partial charge in [0.1, 0.15) is 0 Å². The molecule has 1 aliphatic rings. The van der Waals surface area contributed by atoms with Crippen LogP contribution in [0.15, 0.2) is 54.6 Å². The molecule has 2 aromatic rings. The van der Waals surface area contributed by atoms with Crippen LogP contribution in [0.2, 0.25) is 0 Å². The fourth-order valence-electron chi connectivity index (χ4n) is 2.42. The second-order valence-corrected chi connectivity index (χ2v) is 6.24. The molecule has 0 aromatic heterocycles. The van der Waals surface area contributed by atoms with Crippen LogP contribution in [0.4, 0.5) is 5.69 Å². The van der Waals surface area contributed by atoms with Gasteiger partial charge in [-0.2, -0.15) is 0 Å². The van der Waals surface area contributed by atoms with E-state index in [4.69, 9.17) is 0 Å². The molecule has 3 rings (SSSR count). The fourth-order valence-corrected chi connectivity index (χ4v) is 2.42. The van der Waals surface area contributed by atoms with Crippen LogP contribution in [-0.2, 0) is 11.2 Å². The summed E-state index contributed by atoms with van der Waals surface area (Å²) in [6.07, 6.45) is 6.42. The average Bonchev–Trinajstić information content (AvgIpc) is 3.45. The van der Waals surface area contributed by atoms with E-state index < -0.39 is 0 Å². The Labute approximate surface area is 148 Å².